The molecule has 5 nitrogen and oxygen atoms in total. The van der Waals surface area contributed by atoms with Crippen LogP contribution in [0, 0.1) is 12.7 Å². The highest BCUT2D eigenvalue weighted by atomic mass is 19.1. The van der Waals surface area contributed by atoms with E-state index in [9.17, 15) is 9.18 Å². The molecule has 0 aliphatic heterocycles. The number of carboxylic acid groups (broad SMARTS) is 1. The Bertz CT molecular complexity index is 634. The third-order valence-electron chi connectivity index (χ3n) is 2.82. The van der Waals surface area contributed by atoms with Crippen LogP contribution in [0.1, 0.15) is 15.9 Å². The van der Waals surface area contributed by atoms with Gasteiger partial charge in [-0.15, -0.1) is 0 Å². The number of halogens is 1. The number of aryl methyl sites for hydroxylation is 2. The van der Waals surface area contributed by atoms with Crippen LogP contribution in [-0.2, 0) is 7.05 Å². The largest absolute Gasteiger partial charge is 0.478 e. The quantitative estimate of drug-likeness (QED) is 0.850. The van der Waals surface area contributed by atoms with Gasteiger partial charge < -0.3 is 10.8 Å². The number of anilines is 1. The summed E-state index contributed by atoms with van der Waals surface area (Å²) in [4.78, 5) is 10.9. The predicted molar refractivity (Wildman–Crippen MR) is 64.7 cm³/mol. The fourth-order valence-corrected chi connectivity index (χ4v) is 1.78. The van der Waals surface area contributed by atoms with Gasteiger partial charge in [-0.2, -0.15) is 5.10 Å². The Labute approximate surface area is 103 Å². The number of benzene rings is 1. The number of aromatic nitrogens is 2. The normalized spacial score (nSPS) is 10.6. The van der Waals surface area contributed by atoms with Crippen LogP contribution < -0.4 is 5.73 Å². The van der Waals surface area contributed by atoms with Crippen molar-refractivity contribution in [3.05, 3.63) is 35.3 Å². The number of rotatable bonds is 2. The molecule has 0 amide bonds. The standard InChI is InChI=1S/C12H12FN3O2/c1-6-3-10(13)8(12(17)18)4-7(6)9-5-15-16(2)11(9)14/h3-5H,14H2,1-2H3,(H,17,18). The third kappa shape index (κ3) is 1.81. The van der Waals surface area contributed by atoms with Crippen molar-refractivity contribution < 1.29 is 14.3 Å². The number of hydrogen-bond donors (Lipinski definition) is 2. The van der Waals surface area contributed by atoms with Gasteiger partial charge in [0.2, 0.25) is 0 Å². The summed E-state index contributed by atoms with van der Waals surface area (Å²) >= 11 is 0. The maximum Gasteiger partial charge on any atom is 0.338 e. The lowest BCUT2D eigenvalue weighted by molar-refractivity contribution is 0.0692. The minimum Gasteiger partial charge on any atom is -0.478 e. The van der Waals surface area contributed by atoms with Crippen molar-refractivity contribution in [3.63, 3.8) is 0 Å². The fraction of sp³-hybridized carbons (Fsp3) is 0.167. The Balaban J connectivity index is 2.68. The number of aromatic carboxylic acids is 1. The maximum absolute atomic E-state index is 13.5. The monoisotopic (exact) mass is 249 g/mol. The lowest BCUT2D eigenvalue weighted by Crippen LogP contribution is -2.03. The molecule has 1 heterocycles. The van der Waals surface area contributed by atoms with Crippen LogP contribution in [0.15, 0.2) is 18.3 Å². The minimum atomic E-state index is -1.31. The van der Waals surface area contributed by atoms with Crippen molar-refractivity contribution in [2.75, 3.05) is 5.73 Å². The van der Waals surface area contributed by atoms with E-state index < -0.39 is 11.8 Å². The van der Waals surface area contributed by atoms with E-state index in [1.165, 1.54) is 23.0 Å². The number of carbonyl (C=O) groups is 1. The molecule has 0 bridgehead atoms. The van der Waals surface area contributed by atoms with Crippen LogP contribution in [0.4, 0.5) is 10.2 Å². The minimum absolute atomic E-state index is 0.376. The van der Waals surface area contributed by atoms with Crippen molar-refractivity contribution in [1.29, 1.82) is 0 Å². The molecule has 2 rings (SSSR count). The van der Waals surface area contributed by atoms with Crippen LogP contribution in [0.3, 0.4) is 0 Å². The first kappa shape index (κ1) is 12.1. The molecule has 0 aliphatic rings. The summed E-state index contributed by atoms with van der Waals surface area (Å²) in [5.74, 6) is -1.66. The van der Waals surface area contributed by atoms with Gasteiger partial charge in [-0.05, 0) is 30.2 Å². The van der Waals surface area contributed by atoms with Crippen molar-refractivity contribution in [2.45, 2.75) is 6.92 Å². The van der Waals surface area contributed by atoms with Gasteiger partial charge in [0.1, 0.15) is 11.6 Å². The van der Waals surface area contributed by atoms with Gasteiger partial charge in [0.15, 0.2) is 0 Å². The van der Waals surface area contributed by atoms with Gasteiger partial charge >= 0.3 is 5.97 Å². The molecular weight excluding hydrogens is 237 g/mol. The van der Waals surface area contributed by atoms with E-state index in [2.05, 4.69) is 5.10 Å². The summed E-state index contributed by atoms with van der Waals surface area (Å²) in [5, 5.41) is 12.9. The van der Waals surface area contributed by atoms with Gasteiger partial charge in [-0.25, -0.2) is 9.18 Å². The first-order chi connectivity index (χ1) is 8.41. The molecule has 94 valence electrons. The molecule has 0 unspecified atom stereocenters. The van der Waals surface area contributed by atoms with E-state index in [0.29, 0.717) is 22.5 Å². The molecule has 6 heteroatoms. The van der Waals surface area contributed by atoms with Crippen molar-refractivity contribution in [3.8, 4) is 11.1 Å². The van der Waals surface area contributed by atoms with E-state index >= 15 is 0 Å². The zero-order valence-corrected chi connectivity index (χ0v) is 9.94. The Morgan fingerprint density at radius 3 is 2.61 bits per heavy atom. The first-order valence-corrected chi connectivity index (χ1v) is 5.23. The predicted octanol–water partition coefficient (Wildman–Crippen LogP) is 1.82. The number of carboxylic acids is 1. The molecule has 0 atom stereocenters. The van der Waals surface area contributed by atoms with Crippen molar-refractivity contribution in [2.24, 2.45) is 7.05 Å². The first-order valence-electron chi connectivity index (χ1n) is 5.23. The summed E-state index contributed by atoms with van der Waals surface area (Å²) in [5.41, 5.74) is 7.22. The van der Waals surface area contributed by atoms with Crippen LogP contribution in [0.2, 0.25) is 0 Å². The number of nitrogen functional groups attached to an aromatic ring is 1. The second-order valence-electron chi connectivity index (χ2n) is 4.02. The number of nitrogens with two attached hydrogens (primary N) is 1. The average molecular weight is 249 g/mol. The Morgan fingerprint density at radius 1 is 1.44 bits per heavy atom. The topological polar surface area (TPSA) is 81.1 Å². The fourth-order valence-electron chi connectivity index (χ4n) is 1.78. The van der Waals surface area contributed by atoms with Crippen LogP contribution in [0.5, 0.6) is 0 Å². The van der Waals surface area contributed by atoms with Crippen LogP contribution in [-0.4, -0.2) is 20.9 Å². The van der Waals surface area contributed by atoms with E-state index in [1.54, 1.807) is 14.0 Å². The van der Waals surface area contributed by atoms with E-state index in [4.69, 9.17) is 10.8 Å². The van der Waals surface area contributed by atoms with Gasteiger partial charge in [-0.3, -0.25) is 4.68 Å². The zero-order valence-electron chi connectivity index (χ0n) is 9.94. The van der Waals surface area contributed by atoms with Crippen molar-refractivity contribution >= 4 is 11.8 Å². The zero-order chi connectivity index (χ0) is 13.4. The lowest BCUT2D eigenvalue weighted by Gasteiger charge is -2.07. The van der Waals surface area contributed by atoms with Crippen molar-refractivity contribution in [1.82, 2.24) is 9.78 Å². The maximum atomic E-state index is 13.5. The molecule has 1 aromatic heterocycles. The van der Waals surface area contributed by atoms with Crippen LogP contribution >= 0.6 is 0 Å². The Kier molecular flexibility index (Phi) is 2.78. The van der Waals surface area contributed by atoms with E-state index in [-0.39, 0.29) is 5.56 Å². The summed E-state index contributed by atoms with van der Waals surface area (Å²) in [6.45, 7) is 1.69. The second kappa shape index (κ2) is 4.14. The van der Waals surface area contributed by atoms with Gasteiger partial charge in [0.05, 0.1) is 11.8 Å². The highest BCUT2D eigenvalue weighted by molar-refractivity contribution is 5.91. The molecule has 0 fully saturated rings. The molecule has 0 spiro atoms. The molecule has 0 saturated heterocycles. The number of hydrogen-bond acceptors (Lipinski definition) is 3. The lowest BCUT2D eigenvalue weighted by atomic mass is 9.99. The molecule has 0 radical (unpaired) electrons. The third-order valence-corrected chi connectivity index (χ3v) is 2.82. The summed E-state index contributed by atoms with van der Waals surface area (Å²) in [6, 6.07) is 2.46. The van der Waals surface area contributed by atoms with E-state index in [1.807, 2.05) is 0 Å². The SMILES string of the molecule is Cc1cc(F)c(C(=O)O)cc1-c1cnn(C)c1N. The van der Waals surface area contributed by atoms with Gasteiger partial charge in [-0.1, -0.05) is 0 Å². The highest BCUT2D eigenvalue weighted by Crippen LogP contribution is 2.30. The molecule has 18 heavy (non-hydrogen) atoms. The van der Waals surface area contributed by atoms with Gasteiger partial charge in [0, 0.05) is 12.6 Å². The smallest absolute Gasteiger partial charge is 0.338 e. The van der Waals surface area contributed by atoms with E-state index in [0.717, 1.165) is 0 Å². The summed E-state index contributed by atoms with van der Waals surface area (Å²) in [7, 11) is 1.68. The molecule has 3 N–H and O–H groups in total. The molecule has 0 saturated carbocycles. The Hall–Kier alpha value is -2.37. The second-order valence-corrected chi connectivity index (χ2v) is 4.02. The summed E-state index contributed by atoms with van der Waals surface area (Å²) < 4.78 is 14.9. The molecule has 0 aliphatic carbocycles. The highest BCUT2D eigenvalue weighted by Gasteiger charge is 2.17. The van der Waals surface area contributed by atoms with Gasteiger partial charge in [0.25, 0.3) is 0 Å². The number of nitrogens with zero attached hydrogens (tertiary/aromatic N) is 2. The van der Waals surface area contributed by atoms with Crippen LogP contribution in [0.25, 0.3) is 11.1 Å². The molecule has 1 aromatic carbocycles. The molecular formula is C12H12FN3O2. The summed E-state index contributed by atoms with van der Waals surface area (Å²) in [6.07, 6.45) is 1.53. The average Bonchev–Trinajstić information content (AvgIpc) is 2.60. The Morgan fingerprint density at radius 2 is 2.11 bits per heavy atom. The molecule has 2 aromatic rings.